The molecule has 1 aromatic carbocycles. The van der Waals surface area contributed by atoms with Crippen LogP contribution in [0, 0.1) is 6.92 Å². The summed E-state index contributed by atoms with van der Waals surface area (Å²) in [5.74, 6) is 1.05. The molecule has 0 spiro atoms. The summed E-state index contributed by atoms with van der Waals surface area (Å²) in [5, 5.41) is 4.74. The van der Waals surface area contributed by atoms with Crippen LogP contribution in [0.25, 0.3) is 22.2 Å². The van der Waals surface area contributed by atoms with Crippen LogP contribution in [0.5, 0.6) is 0 Å². The molecule has 0 radical (unpaired) electrons. The van der Waals surface area contributed by atoms with Crippen molar-refractivity contribution in [2.45, 2.75) is 6.92 Å². The van der Waals surface area contributed by atoms with Crippen molar-refractivity contribution in [2.75, 3.05) is 5.73 Å². The molecule has 2 N–H and O–H groups in total. The minimum atomic E-state index is 0.490. The number of aromatic nitrogens is 2. The Bertz CT molecular complexity index is 735. The summed E-state index contributed by atoms with van der Waals surface area (Å²) in [4.78, 5) is 5.28. The Kier molecular flexibility index (Phi) is 3.12. The van der Waals surface area contributed by atoms with Crippen LogP contribution in [0.3, 0.4) is 0 Å². The van der Waals surface area contributed by atoms with Gasteiger partial charge in [0.1, 0.15) is 0 Å². The third kappa shape index (κ3) is 2.41. The van der Waals surface area contributed by atoms with Crippen LogP contribution >= 0.6 is 27.3 Å². The molecule has 6 heteroatoms. The van der Waals surface area contributed by atoms with E-state index in [0.717, 1.165) is 19.9 Å². The molecule has 0 saturated heterocycles. The van der Waals surface area contributed by atoms with E-state index in [4.69, 9.17) is 10.3 Å². The SMILES string of the molecule is Cc1ccc(-c2noc(-c3ccc(N)s3)n2)c(Br)c1. The van der Waals surface area contributed by atoms with Crippen molar-refractivity contribution < 1.29 is 4.52 Å². The van der Waals surface area contributed by atoms with Crippen LogP contribution in [0.2, 0.25) is 0 Å². The van der Waals surface area contributed by atoms with Crippen molar-refractivity contribution in [3.63, 3.8) is 0 Å². The molecule has 96 valence electrons. The number of nitrogens with zero attached hydrogens (tertiary/aromatic N) is 2. The zero-order chi connectivity index (χ0) is 13.4. The zero-order valence-corrected chi connectivity index (χ0v) is 12.5. The summed E-state index contributed by atoms with van der Waals surface area (Å²) in [5.41, 5.74) is 7.77. The molecule has 19 heavy (non-hydrogen) atoms. The molecule has 0 unspecified atom stereocenters. The maximum absolute atomic E-state index is 5.70. The summed E-state index contributed by atoms with van der Waals surface area (Å²) in [6.07, 6.45) is 0. The lowest BCUT2D eigenvalue weighted by molar-refractivity contribution is 0.433. The minimum Gasteiger partial charge on any atom is -0.391 e. The Morgan fingerprint density at radius 1 is 1.26 bits per heavy atom. The molecule has 0 aliphatic heterocycles. The van der Waals surface area contributed by atoms with E-state index in [1.165, 1.54) is 16.9 Å². The van der Waals surface area contributed by atoms with Gasteiger partial charge in [0.15, 0.2) is 0 Å². The molecule has 0 fully saturated rings. The molecule has 4 nitrogen and oxygen atoms in total. The molecule has 0 saturated carbocycles. The second-order valence-electron chi connectivity index (χ2n) is 4.11. The fourth-order valence-corrected chi connectivity index (χ4v) is 3.07. The van der Waals surface area contributed by atoms with Gasteiger partial charge in [0.2, 0.25) is 5.82 Å². The van der Waals surface area contributed by atoms with Gasteiger partial charge in [-0.1, -0.05) is 27.2 Å². The molecular weight excluding hydrogens is 326 g/mol. The molecule has 0 atom stereocenters. The predicted molar refractivity (Wildman–Crippen MR) is 79.9 cm³/mol. The highest BCUT2D eigenvalue weighted by Crippen LogP contribution is 2.32. The van der Waals surface area contributed by atoms with Gasteiger partial charge >= 0.3 is 0 Å². The van der Waals surface area contributed by atoms with Gasteiger partial charge in [-0.15, -0.1) is 11.3 Å². The van der Waals surface area contributed by atoms with Crippen LogP contribution in [0.15, 0.2) is 39.3 Å². The van der Waals surface area contributed by atoms with E-state index in [-0.39, 0.29) is 0 Å². The molecule has 2 aromatic heterocycles. The van der Waals surface area contributed by atoms with Gasteiger partial charge < -0.3 is 10.3 Å². The number of rotatable bonds is 2. The standard InChI is InChI=1S/C13H10BrN3OS/c1-7-2-3-8(9(14)6-7)12-16-13(18-17-12)10-4-5-11(15)19-10/h2-6H,15H2,1H3. The van der Waals surface area contributed by atoms with Gasteiger partial charge in [-0.3, -0.25) is 0 Å². The quantitative estimate of drug-likeness (QED) is 0.765. The van der Waals surface area contributed by atoms with Gasteiger partial charge in [0.05, 0.1) is 9.88 Å². The monoisotopic (exact) mass is 335 g/mol. The van der Waals surface area contributed by atoms with Crippen LogP contribution in [-0.2, 0) is 0 Å². The fourth-order valence-electron chi connectivity index (χ4n) is 1.70. The molecule has 3 rings (SSSR count). The molecule has 0 aliphatic rings. The Morgan fingerprint density at radius 3 is 2.79 bits per heavy atom. The number of nitrogens with two attached hydrogens (primary N) is 1. The van der Waals surface area contributed by atoms with Crippen LogP contribution in [-0.4, -0.2) is 10.1 Å². The first kappa shape index (κ1) is 12.4. The molecule has 2 heterocycles. The van der Waals surface area contributed by atoms with Crippen molar-refractivity contribution in [2.24, 2.45) is 0 Å². The average molecular weight is 336 g/mol. The number of thiophene rings is 1. The lowest BCUT2D eigenvalue weighted by Crippen LogP contribution is -1.83. The van der Waals surface area contributed by atoms with Crippen LogP contribution in [0.1, 0.15) is 5.56 Å². The van der Waals surface area contributed by atoms with Gasteiger partial charge in [0.25, 0.3) is 5.89 Å². The van der Waals surface area contributed by atoms with Crippen molar-refractivity contribution in [1.82, 2.24) is 10.1 Å². The van der Waals surface area contributed by atoms with Crippen LogP contribution < -0.4 is 5.73 Å². The van der Waals surface area contributed by atoms with E-state index in [1.807, 2.05) is 37.3 Å². The first-order chi connectivity index (χ1) is 9.13. The second kappa shape index (κ2) is 4.79. The molecule has 3 aromatic rings. The highest BCUT2D eigenvalue weighted by Gasteiger charge is 2.14. The van der Waals surface area contributed by atoms with Gasteiger partial charge in [0, 0.05) is 10.0 Å². The number of benzene rings is 1. The van der Waals surface area contributed by atoms with E-state index in [0.29, 0.717) is 11.7 Å². The molecule has 0 bridgehead atoms. The topological polar surface area (TPSA) is 64.9 Å². The Labute approximate surface area is 122 Å². The van der Waals surface area contributed by atoms with Crippen molar-refractivity contribution in [3.05, 3.63) is 40.4 Å². The van der Waals surface area contributed by atoms with E-state index < -0.39 is 0 Å². The van der Waals surface area contributed by atoms with Crippen molar-refractivity contribution >= 4 is 32.3 Å². The smallest absolute Gasteiger partial charge is 0.268 e. The van der Waals surface area contributed by atoms with E-state index in [1.54, 1.807) is 0 Å². The average Bonchev–Trinajstić information content (AvgIpc) is 2.97. The number of anilines is 1. The summed E-state index contributed by atoms with van der Waals surface area (Å²) in [6.45, 7) is 2.03. The van der Waals surface area contributed by atoms with Crippen molar-refractivity contribution in [3.8, 4) is 22.2 Å². The number of hydrogen-bond donors (Lipinski definition) is 1. The normalized spacial score (nSPS) is 10.8. The van der Waals surface area contributed by atoms with Gasteiger partial charge in [-0.05, 0) is 36.8 Å². The highest BCUT2D eigenvalue weighted by atomic mass is 79.9. The Balaban J connectivity index is 2.01. The summed E-state index contributed by atoms with van der Waals surface area (Å²) in [6, 6.07) is 9.71. The van der Waals surface area contributed by atoms with E-state index in [9.17, 15) is 0 Å². The number of nitrogen functional groups attached to an aromatic ring is 1. The second-order valence-corrected chi connectivity index (χ2v) is 6.08. The summed E-state index contributed by atoms with van der Waals surface area (Å²) in [7, 11) is 0. The fraction of sp³-hybridized carbons (Fsp3) is 0.0769. The molecule has 0 aliphatic carbocycles. The first-order valence-corrected chi connectivity index (χ1v) is 7.20. The number of aryl methyl sites for hydroxylation is 1. The summed E-state index contributed by atoms with van der Waals surface area (Å²) < 4.78 is 6.23. The lowest BCUT2D eigenvalue weighted by Gasteiger charge is -1.99. The maximum Gasteiger partial charge on any atom is 0.268 e. The molecular formula is C13H10BrN3OS. The molecule has 0 amide bonds. The third-order valence-corrected chi connectivity index (χ3v) is 4.19. The third-order valence-electron chi connectivity index (χ3n) is 2.63. The summed E-state index contributed by atoms with van der Waals surface area (Å²) >= 11 is 4.94. The predicted octanol–water partition coefficient (Wildman–Crippen LogP) is 4.12. The van der Waals surface area contributed by atoms with E-state index >= 15 is 0 Å². The van der Waals surface area contributed by atoms with Crippen molar-refractivity contribution in [1.29, 1.82) is 0 Å². The van der Waals surface area contributed by atoms with Gasteiger partial charge in [-0.2, -0.15) is 4.98 Å². The maximum atomic E-state index is 5.70. The van der Waals surface area contributed by atoms with E-state index in [2.05, 4.69) is 26.1 Å². The first-order valence-electron chi connectivity index (χ1n) is 5.59. The zero-order valence-electron chi connectivity index (χ0n) is 10.1. The minimum absolute atomic E-state index is 0.490. The largest absolute Gasteiger partial charge is 0.391 e. The number of hydrogen-bond acceptors (Lipinski definition) is 5. The lowest BCUT2D eigenvalue weighted by atomic mass is 10.1. The van der Waals surface area contributed by atoms with Crippen LogP contribution in [0.4, 0.5) is 5.00 Å². The highest BCUT2D eigenvalue weighted by molar-refractivity contribution is 9.10. The van der Waals surface area contributed by atoms with Gasteiger partial charge in [-0.25, -0.2) is 0 Å². The number of halogens is 1. The Morgan fingerprint density at radius 2 is 2.11 bits per heavy atom. The Hall–Kier alpha value is -1.66.